The first-order valence-electron chi connectivity index (χ1n) is 31.3. The van der Waals surface area contributed by atoms with Crippen molar-refractivity contribution in [1.29, 1.82) is 0 Å². The van der Waals surface area contributed by atoms with E-state index >= 15 is 0 Å². The second-order valence-corrected chi connectivity index (χ2v) is 37.1. The van der Waals surface area contributed by atoms with Gasteiger partial charge in [0.2, 0.25) is 35.1 Å². The first kappa shape index (κ1) is 75.7. The number of carbonyl (C=O) groups excluding carboxylic acids is 9. The lowest BCUT2D eigenvalue weighted by molar-refractivity contribution is -0.197. The fourth-order valence-corrected chi connectivity index (χ4v) is 15.5. The molecular formula is C68H99IN4O16Si2. The summed E-state index contributed by atoms with van der Waals surface area (Å²) in [7, 11) is -2.06. The van der Waals surface area contributed by atoms with Gasteiger partial charge in [0, 0.05) is 25.7 Å². The molecule has 502 valence electrons. The molecule has 0 radical (unpaired) electrons. The Bertz CT molecular complexity index is 3110. The van der Waals surface area contributed by atoms with E-state index < -0.39 is 118 Å². The van der Waals surface area contributed by atoms with Crippen molar-refractivity contribution in [3.63, 3.8) is 0 Å². The van der Waals surface area contributed by atoms with Crippen LogP contribution in [0, 0.1) is 23.7 Å². The van der Waals surface area contributed by atoms with E-state index in [1.165, 1.54) is 35.0 Å². The first-order valence-corrected chi connectivity index (χ1v) is 37.1. The molecule has 4 aliphatic heterocycles. The van der Waals surface area contributed by atoms with Crippen molar-refractivity contribution < 1.29 is 75.7 Å². The van der Waals surface area contributed by atoms with E-state index in [9.17, 15) is 43.2 Å². The van der Waals surface area contributed by atoms with Crippen LogP contribution in [-0.2, 0) is 75.7 Å². The Morgan fingerprint density at radius 3 is 1.38 bits per heavy atom. The van der Waals surface area contributed by atoms with E-state index in [1.807, 2.05) is 13.8 Å². The zero-order valence-electron chi connectivity index (χ0n) is 55.4. The summed E-state index contributed by atoms with van der Waals surface area (Å²) >= 11 is 0. The van der Waals surface area contributed by atoms with Crippen molar-refractivity contribution in [3.05, 3.63) is 96.0 Å². The van der Waals surface area contributed by atoms with Gasteiger partial charge < -0.3 is 42.8 Å². The molecule has 2 saturated heterocycles. The first-order chi connectivity index (χ1) is 41.7. The van der Waals surface area contributed by atoms with Gasteiger partial charge in [0.15, 0.2) is 28.1 Å². The standard InChI is InChI=1S/C36H50N2O9Si.C31H44N2O7Si.CH4.HI/c1-10-21-45-26(39)22-37-29(27(32(37)41)24(3)47-48(8,9)35(4,5)6)23(2)31(40)38-33(42)28(25-17-13-11-14-18-25)30(34(43)44-7)46-36(38)19-15-12-16-20-36;1-19(24-22(26(34)32-24)20(2)40-41(7,8)30(3,4)5)27(35)33-28(36)23(21-15-11-9-12-16-21)25(29(37)38-6)39-31(33)17-13-10-14-18-31;;/h10-11,13-14,17-18,23-24,27,29H,1,12,15-16,19-22H2,2-9H3;9,11-12,15-16,19-20,22,24H,10,13-14,17-18H2,1-8H3,(H,32,34);1H4;1H/t23-,24-,27-,29-;19-,20-,22-,24-;;/m11../s1. The normalized spacial score (nSPS) is 22.7. The topological polar surface area (TPSA) is 240 Å². The summed E-state index contributed by atoms with van der Waals surface area (Å²) in [5, 5.41) is 2.74. The van der Waals surface area contributed by atoms with Crippen LogP contribution in [0.4, 0.5) is 0 Å². The molecule has 2 saturated carbocycles. The molecule has 8 rings (SSSR count). The molecule has 0 aromatic heterocycles. The predicted molar refractivity (Wildman–Crippen MR) is 360 cm³/mol. The van der Waals surface area contributed by atoms with Crippen molar-refractivity contribution in [3.8, 4) is 0 Å². The Labute approximate surface area is 557 Å². The third-order valence-electron chi connectivity index (χ3n) is 19.6. The van der Waals surface area contributed by atoms with Crippen LogP contribution in [0.5, 0.6) is 0 Å². The van der Waals surface area contributed by atoms with Gasteiger partial charge in [-0.1, -0.05) is 149 Å². The highest BCUT2D eigenvalue weighted by Crippen LogP contribution is 2.49. The number of likely N-dealkylation sites (tertiary alicyclic amines) is 1. The van der Waals surface area contributed by atoms with Gasteiger partial charge in [-0.25, -0.2) is 19.4 Å². The highest BCUT2D eigenvalue weighted by Gasteiger charge is 2.61. The molecule has 2 spiro atoms. The third-order valence-corrected chi connectivity index (χ3v) is 28.8. The average Bonchev–Trinajstić information content (AvgIpc) is 0.763. The van der Waals surface area contributed by atoms with Crippen molar-refractivity contribution in [2.24, 2.45) is 23.7 Å². The molecule has 0 unspecified atom stereocenters. The summed E-state index contributed by atoms with van der Waals surface area (Å²) in [5.74, 6) is -8.31. The van der Waals surface area contributed by atoms with E-state index in [1.54, 1.807) is 74.5 Å². The molecule has 4 fully saturated rings. The molecule has 2 aliphatic carbocycles. The van der Waals surface area contributed by atoms with Crippen LogP contribution >= 0.6 is 24.0 Å². The summed E-state index contributed by atoms with van der Waals surface area (Å²) in [6.45, 7) is 31.5. The largest absolute Gasteiger partial charge is 0.463 e. The molecule has 0 bridgehead atoms. The second kappa shape index (κ2) is 29.9. The number of halogens is 1. The molecule has 6 aliphatic rings. The monoisotopic (exact) mass is 1410 g/mol. The molecule has 20 nitrogen and oxygen atoms in total. The van der Waals surface area contributed by atoms with Gasteiger partial charge in [-0.15, -0.1) is 24.0 Å². The number of carbonyl (C=O) groups is 9. The minimum atomic E-state index is -2.34. The number of nitrogens with zero attached hydrogens (tertiary/aromatic N) is 3. The zero-order chi connectivity index (χ0) is 65.9. The van der Waals surface area contributed by atoms with Gasteiger partial charge in [-0.2, -0.15) is 0 Å². The van der Waals surface area contributed by atoms with Gasteiger partial charge in [0.05, 0.1) is 73.3 Å². The fraction of sp³-hybridized carbons (Fsp3) is 0.603. The number of methoxy groups -OCH3 is 2. The average molecular weight is 1410 g/mol. The highest BCUT2D eigenvalue weighted by molar-refractivity contribution is 14.0. The number of amides is 6. The van der Waals surface area contributed by atoms with E-state index in [2.05, 4.69) is 79.6 Å². The number of hydrogen-bond acceptors (Lipinski definition) is 16. The molecule has 1 N–H and O–H groups in total. The lowest BCUT2D eigenvalue weighted by Crippen LogP contribution is -2.71. The number of imide groups is 2. The number of β-lactam (4-membered cyclic amide) rings is 2. The van der Waals surface area contributed by atoms with Crippen LogP contribution in [-0.4, -0.2) is 148 Å². The van der Waals surface area contributed by atoms with Crippen LogP contribution < -0.4 is 5.32 Å². The number of esters is 3. The van der Waals surface area contributed by atoms with Crippen LogP contribution in [0.3, 0.4) is 0 Å². The Balaban J connectivity index is 0.000000327. The minimum absolute atomic E-state index is 0. The number of rotatable bonds is 18. The Morgan fingerprint density at radius 1 is 0.637 bits per heavy atom. The zero-order valence-corrected chi connectivity index (χ0v) is 59.8. The molecule has 4 heterocycles. The van der Waals surface area contributed by atoms with Crippen LogP contribution in [0.1, 0.15) is 152 Å². The fourth-order valence-electron chi connectivity index (χ4n) is 12.7. The SMILES string of the molecule is C.C=CCOC(=O)CN1C(=O)[C@H]([C@@H](C)O[Si](C)(C)C(C)(C)C)[C@H]1[C@@H](C)C(=O)N1C(=O)C(c2ccccc2)=C(C(=O)OC)OC12CCCCC2.COC(=O)C1=C(c2ccccc2)C(=O)N(C(=O)[C@H](C)[C@H]2NC(=O)[C@@H]2[C@@H](C)O[Si](C)(C)C(C)(C)C)C2(CCCCC2)O1.I. The second-order valence-electron chi connectivity index (χ2n) is 27.6. The third kappa shape index (κ3) is 15.3. The minimum Gasteiger partial charge on any atom is -0.463 e. The maximum atomic E-state index is 14.8. The van der Waals surface area contributed by atoms with E-state index in [0.29, 0.717) is 49.7 Å². The van der Waals surface area contributed by atoms with Crippen LogP contribution in [0.15, 0.2) is 84.8 Å². The molecule has 8 atom stereocenters. The van der Waals surface area contributed by atoms with Crippen molar-refractivity contribution in [2.75, 3.05) is 27.4 Å². The van der Waals surface area contributed by atoms with E-state index in [0.717, 1.165) is 25.7 Å². The lowest BCUT2D eigenvalue weighted by Gasteiger charge is -2.54. The molecule has 6 amide bonds. The number of nitrogens with one attached hydrogen (secondary N) is 1. The molecule has 2 aromatic rings. The molecular weight excluding hydrogens is 1310 g/mol. The predicted octanol–water partition coefficient (Wildman–Crippen LogP) is 11.3. The highest BCUT2D eigenvalue weighted by atomic mass is 127. The van der Waals surface area contributed by atoms with Crippen molar-refractivity contribution >= 4 is 105 Å². The molecule has 2 aromatic carbocycles. The number of hydrogen-bond donors (Lipinski definition) is 1. The Morgan fingerprint density at radius 2 is 1.02 bits per heavy atom. The van der Waals surface area contributed by atoms with Crippen molar-refractivity contribution in [1.82, 2.24) is 20.0 Å². The summed E-state index contributed by atoms with van der Waals surface area (Å²) in [5.41, 5.74) is -1.92. The maximum Gasteiger partial charge on any atom is 0.374 e. The Hall–Kier alpha value is -6.03. The van der Waals surface area contributed by atoms with Gasteiger partial charge in [0.25, 0.3) is 11.8 Å². The smallest absolute Gasteiger partial charge is 0.374 e. The summed E-state index contributed by atoms with van der Waals surface area (Å²) in [4.78, 5) is 127. The van der Waals surface area contributed by atoms with Gasteiger partial charge in [-0.3, -0.25) is 33.6 Å². The van der Waals surface area contributed by atoms with Crippen molar-refractivity contribution in [2.45, 2.75) is 213 Å². The van der Waals surface area contributed by atoms with E-state index in [-0.39, 0.29) is 89.1 Å². The van der Waals surface area contributed by atoms with Crippen LogP contribution in [0.2, 0.25) is 36.3 Å². The number of ether oxygens (including phenoxy) is 5. The molecule has 91 heavy (non-hydrogen) atoms. The van der Waals surface area contributed by atoms with Gasteiger partial charge >= 0.3 is 17.9 Å². The van der Waals surface area contributed by atoms with Crippen LogP contribution in [0.25, 0.3) is 11.1 Å². The quantitative estimate of drug-likeness (QED) is 0.0364. The molecule has 23 heteroatoms. The summed E-state index contributed by atoms with van der Waals surface area (Å²) in [6, 6.07) is 16.0. The summed E-state index contributed by atoms with van der Waals surface area (Å²) in [6.07, 6.45) is 6.57. The lowest BCUT2D eigenvalue weighted by atomic mass is 9.75. The van der Waals surface area contributed by atoms with Gasteiger partial charge in [0.1, 0.15) is 13.2 Å². The van der Waals surface area contributed by atoms with Gasteiger partial charge in [-0.05, 0) is 86.9 Å². The summed E-state index contributed by atoms with van der Waals surface area (Å²) < 4.78 is 41.3. The van der Waals surface area contributed by atoms with E-state index in [4.69, 9.17) is 32.5 Å². The Kier molecular flexibility index (Phi) is 24.9. The maximum absolute atomic E-state index is 14.8. The number of benzene rings is 2.